The van der Waals surface area contributed by atoms with Crippen molar-refractivity contribution in [3.63, 3.8) is 0 Å². The Morgan fingerprint density at radius 2 is 1.69 bits per heavy atom. The van der Waals surface area contributed by atoms with Crippen LogP contribution < -0.4 is 11.1 Å². The number of anilines is 1. The molecular weight excluding hydrogens is 458 g/mol. The van der Waals surface area contributed by atoms with Crippen LogP contribution in [0.25, 0.3) is 0 Å². The summed E-state index contributed by atoms with van der Waals surface area (Å²) in [7, 11) is 0. The summed E-state index contributed by atoms with van der Waals surface area (Å²) < 4.78 is 0. The van der Waals surface area contributed by atoms with Crippen molar-refractivity contribution in [2.45, 2.75) is 32.1 Å². The molecule has 1 spiro atoms. The molecule has 1 aliphatic heterocycles. The Morgan fingerprint density at radius 3 is 2.28 bits per heavy atom. The molecule has 190 valence electrons. The molecule has 0 atom stereocenters. The molecular formula is C27H33N5O4. The topological polar surface area (TPSA) is 140 Å². The second kappa shape index (κ2) is 10.8. The predicted molar refractivity (Wildman–Crippen MR) is 137 cm³/mol. The summed E-state index contributed by atoms with van der Waals surface area (Å²) in [6, 6.07) is 15.8. The number of hydrogen-bond donors (Lipinski definition) is 4. The van der Waals surface area contributed by atoms with Crippen LogP contribution in [0.4, 0.5) is 5.69 Å². The lowest BCUT2D eigenvalue weighted by Crippen LogP contribution is -2.54. The number of nitrogens with zero attached hydrogens (tertiary/aromatic N) is 2. The van der Waals surface area contributed by atoms with Crippen molar-refractivity contribution < 1.29 is 19.5 Å². The number of hydrogen-bond acceptors (Lipinski definition) is 4. The van der Waals surface area contributed by atoms with E-state index >= 15 is 0 Å². The molecule has 2 aliphatic rings. The summed E-state index contributed by atoms with van der Waals surface area (Å²) in [5.41, 5.74) is 7.47. The largest absolute Gasteiger partial charge is 0.478 e. The van der Waals surface area contributed by atoms with Crippen LogP contribution in [-0.4, -0.2) is 64.8 Å². The molecule has 36 heavy (non-hydrogen) atoms. The van der Waals surface area contributed by atoms with Gasteiger partial charge in [0.1, 0.15) is 0 Å². The third-order valence-corrected chi connectivity index (χ3v) is 7.45. The average molecular weight is 492 g/mol. The van der Waals surface area contributed by atoms with Crippen molar-refractivity contribution in [3.05, 3.63) is 65.7 Å². The minimum Gasteiger partial charge on any atom is -0.478 e. The van der Waals surface area contributed by atoms with Gasteiger partial charge in [0.05, 0.1) is 12.1 Å². The Labute approximate surface area is 210 Å². The normalized spacial score (nSPS) is 16.7. The van der Waals surface area contributed by atoms with Crippen molar-refractivity contribution >= 4 is 29.4 Å². The zero-order chi connectivity index (χ0) is 25.7. The van der Waals surface area contributed by atoms with E-state index in [0.717, 1.165) is 44.3 Å². The maximum absolute atomic E-state index is 13.5. The smallest absolute Gasteiger partial charge is 0.335 e. The van der Waals surface area contributed by atoms with Crippen molar-refractivity contribution in [1.29, 1.82) is 5.41 Å². The number of nitrogens with one attached hydrogen (secondary N) is 2. The summed E-state index contributed by atoms with van der Waals surface area (Å²) in [5, 5.41) is 19.5. The quantitative estimate of drug-likeness (QED) is 0.331. The van der Waals surface area contributed by atoms with Crippen molar-refractivity contribution in [1.82, 2.24) is 9.80 Å². The van der Waals surface area contributed by atoms with Gasteiger partial charge in [0.15, 0.2) is 5.96 Å². The highest BCUT2D eigenvalue weighted by atomic mass is 16.4. The summed E-state index contributed by atoms with van der Waals surface area (Å²) in [5.74, 6) is -1.35. The minimum absolute atomic E-state index is 0.00179. The monoisotopic (exact) mass is 491 g/mol. The number of carboxylic acid groups (broad SMARTS) is 1. The van der Waals surface area contributed by atoms with Crippen LogP contribution in [0.5, 0.6) is 0 Å². The molecule has 2 aromatic carbocycles. The number of carbonyl (C=O) groups is 3. The van der Waals surface area contributed by atoms with Gasteiger partial charge in [-0.1, -0.05) is 30.3 Å². The molecule has 2 fully saturated rings. The van der Waals surface area contributed by atoms with Gasteiger partial charge in [0.2, 0.25) is 11.8 Å². The van der Waals surface area contributed by atoms with Crippen LogP contribution in [0.1, 0.15) is 41.6 Å². The second-order valence-electron chi connectivity index (χ2n) is 9.90. The van der Waals surface area contributed by atoms with Gasteiger partial charge in [-0.3, -0.25) is 15.0 Å². The second-order valence-corrected chi connectivity index (χ2v) is 9.90. The molecule has 1 saturated heterocycles. The van der Waals surface area contributed by atoms with E-state index in [2.05, 4.69) is 5.32 Å². The fourth-order valence-corrected chi connectivity index (χ4v) is 5.29. The third kappa shape index (κ3) is 6.02. The van der Waals surface area contributed by atoms with E-state index in [4.69, 9.17) is 16.2 Å². The number of amides is 2. The molecule has 4 rings (SSSR count). The Morgan fingerprint density at radius 1 is 1.06 bits per heavy atom. The number of carboxylic acids is 1. The van der Waals surface area contributed by atoms with E-state index < -0.39 is 5.97 Å². The summed E-state index contributed by atoms with van der Waals surface area (Å²) in [4.78, 5) is 40.9. The number of piperidine rings is 1. The maximum atomic E-state index is 13.5. The molecule has 1 heterocycles. The van der Waals surface area contributed by atoms with E-state index in [1.54, 1.807) is 17.0 Å². The lowest BCUT2D eigenvalue weighted by atomic mass is 9.57. The summed E-state index contributed by atoms with van der Waals surface area (Å²) in [6.07, 6.45) is 4.11. The molecule has 0 aromatic heterocycles. The molecule has 5 N–H and O–H groups in total. The number of aromatic carboxylic acids is 1. The first-order valence-electron chi connectivity index (χ1n) is 12.3. The van der Waals surface area contributed by atoms with E-state index in [1.807, 2.05) is 35.2 Å². The fraction of sp³-hybridized carbons (Fsp3) is 0.407. The molecule has 2 aromatic rings. The Balaban J connectivity index is 1.37. The predicted octanol–water partition coefficient (Wildman–Crippen LogP) is 2.78. The Kier molecular flexibility index (Phi) is 7.57. The highest BCUT2D eigenvalue weighted by Crippen LogP contribution is 2.53. The van der Waals surface area contributed by atoms with Gasteiger partial charge in [-0.05, 0) is 67.3 Å². The van der Waals surface area contributed by atoms with Gasteiger partial charge in [0.25, 0.3) is 0 Å². The number of rotatable bonds is 8. The fourth-order valence-electron chi connectivity index (χ4n) is 5.29. The number of likely N-dealkylation sites (tertiary alicyclic amines) is 1. The Bertz CT molecular complexity index is 1100. The molecule has 0 bridgehead atoms. The number of nitrogens with two attached hydrogens (primary N) is 1. The van der Waals surface area contributed by atoms with Crippen molar-refractivity contribution in [3.8, 4) is 0 Å². The van der Waals surface area contributed by atoms with Crippen LogP contribution in [0.15, 0.2) is 54.6 Å². The molecule has 9 heteroatoms. The number of carbonyl (C=O) groups excluding carboxylic acids is 2. The van der Waals surface area contributed by atoms with Crippen molar-refractivity contribution in [2.24, 2.45) is 17.1 Å². The van der Waals surface area contributed by atoms with Gasteiger partial charge in [-0.25, -0.2) is 4.79 Å². The van der Waals surface area contributed by atoms with Gasteiger partial charge in [-0.2, -0.15) is 0 Å². The lowest BCUT2D eigenvalue weighted by Gasteiger charge is -2.52. The standard InChI is InChI=1S/C27H33N5O4/c28-26(29)31-14-11-27(12-15-31)16-21(17-27)24(34)32(13-10-19-4-2-1-3-5-19)18-23(33)30-22-8-6-20(7-9-22)25(35)36/h1-9,21H,10-18H2,(H3,28,29)(H,30,33)(H,35,36). The first-order valence-corrected chi connectivity index (χ1v) is 12.3. The highest BCUT2D eigenvalue weighted by molar-refractivity contribution is 5.95. The van der Waals surface area contributed by atoms with Gasteiger partial charge < -0.3 is 26.0 Å². The van der Waals surface area contributed by atoms with Crippen LogP contribution in [0, 0.1) is 16.7 Å². The zero-order valence-electron chi connectivity index (χ0n) is 20.3. The lowest BCUT2D eigenvalue weighted by molar-refractivity contribution is -0.147. The SMILES string of the molecule is N=C(N)N1CCC2(CC1)CC(C(=O)N(CCc1ccccc1)CC(=O)Nc1ccc(C(=O)O)cc1)C2. The van der Waals surface area contributed by atoms with Gasteiger partial charge >= 0.3 is 5.97 Å². The van der Waals surface area contributed by atoms with Crippen LogP contribution in [0.2, 0.25) is 0 Å². The van der Waals surface area contributed by atoms with E-state index in [-0.39, 0.29) is 41.2 Å². The zero-order valence-corrected chi connectivity index (χ0v) is 20.3. The Hall–Kier alpha value is -3.88. The molecule has 1 aliphatic carbocycles. The third-order valence-electron chi connectivity index (χ3n) is 7.45. The average Bonchev–Trinajstić information content (AvgIpc) is 2.85. The van der Waals surface area contributed by atoms with Gasteiger partial charge in [0, 0.05) is 31.2 Å². The summed E-state index contributed by atoms with van der Waals surface area (Å²) in [6.45, 7) is 1.87. The first kappa shape index (κ1) is 25.2. The van der Waals surface area contributed by atoms with Gasteiger partial charge in [-0.15, -0.1) is 0 Å². The molecule has 1 saturated carbocycles. The highest BCUT2D eigenvalue weighted by Gasteiger charge is 2.49. The van der Waals surface area contributed by atoms with Crippen LogP contribution in [-0.2, 0) is 16.0 Å². The van der Waals surface area contributed by atoms with Crippen LogP contribution >= 0.6 is 0 Å². The van der Waals surface area contributed by atoms with Crippen LogP contribution in [0.3, 0.4) is 0 Å². The minimum atomic E-state index is -1.03. The molecule has 2 amide bonds. The molecule has 9 nitrogen and oxygen atoms in total. The first-order chi connectivity index (χ1) is 17.2. The van der Waals surface area contributed by atoms with Crippen molar-refractivity contribution in [2.75, 3.05) is 31.5 Å². The van der Waals surface area contributed by atoms with E-state index in [1.165, 1.54) is 12.1 Å². The summed E-state index contributed by atoms with van der Waals surface area (Å²) >= 11 is 0. The molecule has 0 radical (unpaired) electrons. The van der Waals surface area contributed by atoms with E-state index in [9.17, 15) is 14.4 Å². The molecule has 0 unspecified atom stereocenters. The number of guanidine groups is 1. The van der Waals surface area contributed by atoms with E-state index in [0.29, 0.717) is 18.7 Å². The number of benzene rings is 2. The maximum Gasteiger partial charge on any atom is 0.335 e.